The van der Waals surface area contributed by atoms with Gasteiger partial charge in [-0.3, -0.25) is 4.79 Å². The Morgan fingerprint density at radius 1 is 1.12 bits per heavy atom. The number of amides is 1. The maximum Gasteiger partial charge on any atom is 0.287 e. The van der Waals surface area contributed by atoms with E-state index in [9.17, 15) is 4.79 Å². The molecule has 1 N–H and O–H groups in total. The number of benzene rings is 2. The van der Waals surface area contributed by atoms with Crippen LogP contribution in [0.1, 0.15) is 50.1 Å². The van der Waals surface area contributed by atoms with Crippen LogP contribution in [0.5, 0.6) is 0 Å². The van der Waals surface area contributed by atoms with Gasteiger partial charge in [-0.1, -0.05) is 63.4 Å². The molecule has 2 aromatic carbocycles. The minimum Gasteiger partial charge on any atom is -0.451 e. The molecule has 0 aliphatic carbocycles. The molecule has 0 spiro atoms. The normalized spacial score (nSPS) is 12.6. The van der Waals surface area contributed by atoms with Crippen molar-refractivity contribution in [3.8, 4) is 0 Å². The first-order chi connectivity index (χ1) is 11.7. The molecular formula is C21H25NO2. The van der Waals surface area contributed by atoms with Crippen LogP contribution in [-0.2, 0) is 0 Å². The number of hydrogen-bond donors (Lipinski definition) is 1. The van der Waals surface area contributed by atoms with Gasteiger partial charge in [0.25, 0.3) is 5.91 Å². The summed E-state index contributed by atoms with van der Waals surface area (Å²) in [5.41, 5.74) is 0.761. The van der Waals surface area contributed by atoms with Gasteiger partial charge in [0.05, 0.1) is 0 Å². The van der Waals surface area contributed by atoms with Gasteiger partial charge in [0.2, 0.25) is 0 Å². The number of nitrogens with one attached hydrogen (secondary N) is 1. The van der Waals surface area contributed by atoms with Crippen molar-refractivity contribution < 1.29 is 9.21 Å². The standard InChI is InChI=1S/C21H25NO2/c1-3-5-8-15(4-2)14-22-21(23)20-13-18-17-10-7-6-9-16(17)11-12-19(18)24-20/h6-7,9-13,15H,3-5,8,14H2,1-2H3,(H,22,23). The summed E-state index contributed by atoms with van der Waals surface area (Å²) in [5.74, 6) is 0.816. The molecular weight excluding hydrogens is 298 g/mol. The maximum absolute atomic E-state index is 12.4. The Morgan fingerprint density at radius 2 is 1.96 bits per heavy atom. The van der Waals surface area contributed by atoms with Gasteiger partial charge in [-0.15, -0.1) is 0 Å². The second-order valence-corrected chi connectivity index (χ2v) is 6.44. The zero-order chi connectivity index (χ0) is 16.9. The lowest BCUT2D eigenvalue weighted by molar-refractivity contribution is 0.0920. The molecule has 0 aliphatic heterocycles. The molecule has 3 rings (SSSR count). The molecule has 0 radical (unpaired) electrons. The van der Waals surface area contributed by atoms with Crippen molar-refractivity contribution in [2.75, 3.05) is 6.54 Å². The summed E-state index contributed by atoms with van der Waals surface area (Å²) in [4.78, 5) is 12.4. The average Bonchev–Trinajstić information content (AvgIpc) is 3.06. The van der Waals surface area contributed by atoms with Gasteiger partial charge >= 0.3 is 0 Å². The van der Waals surface area contributed by atoms with Gasteiger partial charge in [0.1, 0.15) is 5.58 Å². The van der Waals surface area contributed by atoms with Gasteiger partial charge in [-0.25, -0.2) is 0 Å². The first kappa shape index (κ1) is 16.6. The van der Waals surface area contributed by atoms with Gasteiger partial charge in [0, 0.05) is 11.9 Å². The summed E-state index contributed by atoms with van der Waals surface area (Å²) in [6.45, 7) is 5.09. The Balaban J connectivity index is 1.76. The van der Waals surface area contributed by atoms with E-state index in [1.54, 1.807) is 0 Å². The van der Waals surface area contributed by atoms with Crippen LogP contribution in [-0.4, -0.2) is 12.5 Å². The lowest BCUT2D eigenvalue weighted by Gasteiger charge is -2.14. The Kier molecular flexibility index (Phi) is 5.19. The van der Waals surface area contributed by atoms with Crippen molar-refractivity contribution in [1.82, 2.24) is 5.32 Å². The Labute approximate surface area is 143 Å². The van der Waals surface area contributed by atoms with Crippen LogP contribution in [0.25, 0.3) is 21.7 Å². The summed E-state index contributed by atoms with van der Waals surface area (Å²) >= 11 is 0. The van der Waals surface area contributed by atoms with E-state index in [0.29, 0.717) is 18.2 Å². The van der Waals surface area contributed by atoms with Gasteiger partial charge in [-0.2, -0.15) is 0 Å². The van der Waals surface area contributed by atoms with E-state index in [-0.39, 0.29) is 5.91 Å². The zero-order valence-corrected chi connectivity index (χ0v) is 14.5. The van der Waals surface area contributed by atoms with E-state index in [2.05, 4.69) is 31.3 Å². The highest BCUT2D eigenvalue weighted by molar-refractivity contribution is 6.08. The van der Waals surface area contributed by atoms with Crippen molar-refractivity contribution >= 4 is 27.6 Å². The molecule has 0 saturated heterocycles. The number of carbonyl (C=O) groups is 1. The van der Waals surface area contributed by atoms with Crippen LogP contribution in [0, 0.1) is 5.92 Å². The molecule has 3 aromatic rings. The minimum atomic E-state index is -0.120. The van der Waals surface area contributed by atoms with Gasteiger partial charge in [-0.05, 0) is 35.2 Å². The summed E-state index contributed by atoms with van der Waals surface area (Å²) in [6, 6.07) is 14.0. The van der Waals surface area contributed by atoms with Crippen molar-refractivity contribution in [2.24, 2.45) is 5.92 Å². The van der Waals surface area contributed by atoms with Crippen LogP contribution in [0.3, 0.4) is 0 Å². The Bertz CT molecular complexity index is 834. The Morgan fingerprint density at radius 3 is 2.75 bits per heavy atom. The minimum absolute atomic E-state index is 0.120. The molecule has 24 heavy (non-hydrogen) atoms. The molecule has 1 heterocycles. The number of furan rings is 1. The average molecular weight is 323 g/mol. The third-order valence-electron chi connectivity index (χ3n) is 4.74. The predicted octanol–water partition coefficient (Wildman–Crippen LogP) is 5.53. The molecule has 1 amide bonds. The Hall–Kier alpha value is -2.29. The van der Waals surface area contributed by atoms with E-state index in [0.717, 1.165) is 34.6 Å². The molecule has 1 aromatic heterocycles. The van der Waals surface area contributed by atoms with Gasteiger partial charge in [0.15, 0.2) is 5.76 Å². The molecule has 0 bridgehead atoms. The van der Waals surface area contributed by atoms with Crippen molar-refractivity contribution in [2.45, 2.75) is 39.5 Å². The van der Waals surface area contributed by atoms with Crippen molar-refractivity contribution in [3.05, 3.63) is 48.2 Å². The van der Waals surface area contributed by atoms with Crippen LogP contribution in [0.2, 0.25) is 0 Å². The third kappa shape index (κ3) is 3.45. The van der Waals surface area contributed by atoms with E-state index in [4.69, 9.17) is 4.42 Å². The zero-order valence-electron chi connectivity index (χ0n) is 14.5. The SMILES string of the molecule is CCCCC(CC)CNC(=O)c1cc2c(ccc3ccccc32)o1. The molecule has 1 atom stereocenters. The van der Waals surface area contributed by atoms with E-state index < -0.39 is 0 Å². The van der Waals surface area contributed by atoms with Crippen molar-refractivity contribution in [1.29, 1.82) is 0 Å². The van der Waals surface area contributed by atoms with Crippen LogP contribution in [0.15, 0.2) is 46.9 Å². The monoisotopic (exact) mass is 323 g/mol. The molecule has 126 valence electrons. The quantitative estimate of drug-likeness (QED) is 0.621. The predicted molar refractivity (Wildman–Crippen MR) is 99.4 cm³/mol. The molecule has 0 fully saturated rings. The molecule has 0 saturated carbocycles. The number of carbonyl (C=O) groups excluding carboxylic acids is 1. The summed E-state index contributed by atoms with van der Waals surface area (Å²) in [5, 5.41) is 6.31. The van der Waals surface area contributed by atoms with E-state index >= 15 is 0 Å². The summed E-state index contributed by atoms with van der Waals surface area (Å²) in [6.07, 6.45) is 4.66. The molecule has 0 aliphatic rings. The van der Waals surface area contributed by atoms with Crippen LogP contribution in [0.4, 0.5) is 0 Å². The lowest BCUT2D eigenvalue weighted by Crippen LogP contribution is -2.28. The topological polar surface area (TPSA) is 42.2 Å². The highest BCUT2D eigenvalue weighted by atomic mass is 16.3. The smallest absolute Gasteiger partial charge is 0.287 e. The largest absolute Gasteiger partial charge is 0.451 e. The second-order valence-electron chi connectivity index (χ2n) is 6.44. The van der Waals surface area contributed by atoms with Crippen molar-refractivity contribution in [3.63, 3.8) is 0 Å². The van der Waals surface area contributed by atoms with Gasteiger partial charge < -0.3 is 9.73 Å². The maximum atomic E-state index is 12.4. The number of unbranched alkanes of at least 4 members (excludes halogenated alkanes) is 1. The molecule has 1 unspecified atom stereocenters. The third-order valence-corrected chi connectivity index (χ3v) is 4.74. The van der Waals surface area contributed by atoms with E-state index in [1.165, 1.54) is 12.8 Å². The first-order valence-electron chi connectivity index (χ1n) is 8.92. The molecule has 3 heteroatoms. The highest BCUT2D eigenvalue weighted by Gasteiger charge is 2.15. The number of hydrogen-bond acceptors (Lipinski definition) is 2. The second kappa shape index (κ2) is 7.52. The van der Waals surface area contributed by atoms with E-state index in [1.807, 2.05) is 30.3 Å². The lowest BCUT2D eigenvalue weighted by atomic mass is 9.99. The molecule has 3 nitrogen and oxygen atoms in total. The summed E-state index contributed by atoms with van der Waals surface area (Å²) < 4.78 is 5.77. The van der Waals surface area contributed by atoms with Crippen LogP contribution >= 0.6 is 0 Å². The number of fused-ring (bicyclic) bond motifs is 3. The highest BCUT2D eigenvalue weighted by Crippen LogP contribution is 2.28. The van der Waals surface area contributed by atoms with Crippen LogP contribution < -0.4 is 5.32 Å². The first-order valence-corrected chi connectivity index (χ1v) is 8.92. The summed E-state index contributed by atoms with van der Waals surface area (Å²) in [7, 11) is 0. The fourth-order valence-electron chi connectivity index (χ4n) is 3.17. The number of rotatable bonds is 7. The fraction of sp³-hybridized carbons (Fsp3) is 0.381. The fourth-order valence-corrected chi connectivity index (χ4v) is 3.17.